The molecule has 1 aliphatic carbocycles. The molecule has 2 fully saturated rings. The Hall–Kier alpha value is -2.33. The van der Waals surface area contributed by atoms with Gasteiger partial charge in [0.15, 0.2) is 0 Å². The monoisotopic (exact) mass is 365 g/mol. The summed E-state index contributed by atoms with van der Waals surface area (Å²) in [4.78, 5) is 14.8. The van der Waals surface area contributed by atoms with Gasteiger partial charge in [0.25, 0.3) is 0 Å². The highest BCUT2D eigenvalue weighted by atomic mass is 16.5. The van der Waals surface area contributed by atoms with Gasteiger partial charge in [-0.15, -0.1) is 0 Å². The van der Waals surface area contributed by atoms with E-state index in [1.165, 1.54) is 5.56 Å². The number of amides is 1. The molecule has 1 saturated heterocycles. The zero-order valence-electron chi connectivity index (χ0n) is 15.9. The molecule has 2 aliphatic rings. The van der Waals surface area contributed by atoms with E-state index in [0.29, 0.717) is 19.1 Å². The molecule has 0 atom stereocenters. The van der Waals surface area contributed by atoms with Crippen LogP contribution in [0.1, 0.15) is 36.8 Å². The number of carbonyl (C=O) groups excluding carboxylic acids is 1. The van der Waals surface area contributed by atoms with Crippen molar-refractivity contribution in [3.8, 4) is 5.75 Å². The lowest BCUT2D eigenvalue weighted by atomic mass is 9.67. The molecule has 1 heterocycles. The van der Waals surface area contributed by atoms with Crippen molar-refractivity contribution in [2.45, 2.75) is 44.9 Å². The van der Waals surface area contributed by atoms with Gasteiger partial charge in [-0.05, 0) is 48.9 Å². The number of carbonyl (C=O) groups is 1. The van der Waals surface area contributed by atoms with Gasteiger partial charge in [-0.25, -0.2) is 0 Å². The van der Waals surface area contributed by atoms with Crippen molar-refractivity contribution in [1.82, 2.24) is 4.90 Å². The Morgan fingerprint density at radius 2 is 1.70 bits per heavy atom. The molecule has 4 nitrogen and oxygen atoms in total. The summed E-state index contributed by atoms with van der Waals surface area (Å²) in [5.41, 5.74) is 2.24. The number of likely N-dealkylation sites (tertiary alicyclic amines) is 1. The van der Waals surface area contributed by atoms with E-state index in [9.17, 15) is 4.79 Å². The molecule has 2 aromatic rings. The van der Waals surface area contributed by atoms with E-state index in [1.807, 2.05) is 47.4 Å². The highest BCUT2D eigenvalue weighted by molar-refractivity contribution is 5.88. The molecule has 1 saturated carbocycles. The number of methoxy groups -OCH3 is 1. The number of rotatable bonds is 6. The van der Waals surface area contributed by atoms with Gasteiger partial charge in [0.2, 0.25) is 5.91 Å². The van der Waals surface area contributed by atoms with Crippen LogP contribution in [0, 0.1) is 5.41 Å². The highest BCUT2D eigenvalue weighted by Crippen LogP contribution is 2.46. The maximum atomic E-state index is 12.8. The molecule has 1 amide bonds. The Kier molecular flexibility index (Phi) is 5.17. The van der Waals surface area contributed by atoms with Crippen molar-refractivity contribution in [1.29, 1.82) is 0 Å². The molecule has 27 heavy (non-hydrogen) atoms. The molecule has 4 rings (SSSR count). The Morgan fingerprint density at radius 3 is 2.33 bits per heavy atom. The summed E-state index contributed by atoms with van der Waals surface area (Å²) < 4.78 is 11.3. The van der Waals surface area contributed by atoms with Crippen LogP contribution in [0.15, 0.2) is 54.6 Å². The van der Waals surface area contributed by atoms with Crippen LogP contribution in [0.5, 0.6) is 5.75 Å². The van der Waals surface area contributed by atoms with Gasteiger partial charge in [0.1, 0.15) is 5.75 Å². The first-order valence-electron chi connectivity index (χ1n) is 9.76. The Labute approximate surface area is 161 Å². The fraction of sp³-hybridized carbons (Fsp3) is 0.435. The average molecular weight is 365 g/mol. The van der Waals surface area contributed by atoms with Crippen LogP contribution in [0.25, 0.3) is 0 Å². The summed E-state index contributed by atoms with van der Waals surface area (Å²) in [6.45, 7) is 2.23. The lowest BCUT2D eigenvalue weighted by molar-refractivity contribution is -0.168. The third kappa shape index (κ3) is 3.86. The minimum absolute atomic E-state index is 0.126. The van der Waals surface area contributed by atoms with Crippen LogP contribution in [0.4, 0.5) is 0 Å². The van der Waals surface area contributed by atoms with Gasteiger partial charge in [-0.1, -0.05) is 42.5 Å². The maximum Gasteiger partial charge on any atom is 0.230 e. The lowest BCUT2D eigenvalue weighted by Gasteiger charge is -2.52. The van der Waals surface area contributed by atoms with Gasteiger partial charge in [-0.3, -0.25) is 4.79 Å². The minimum Gasteiger partial charge on any atom is -0.497 e. The van der Waals surface area contributed by atoms with Crippen LogP contribution in [-0.2, 0) is 22.7 Å². The van der Waals surface area contributed by atoms with Crippen LogP contribution >= 0.6 is 0 Å². The molecule has 0 radical (unpaired) electrons. The molecular weight excluding hydrogens is 338 g/mol. The molecule has 0 aromatic heterocycles. The lowest BCUT2D eigenvalue weighted by Crippen LogP contribution is -2.62. The van der Waals surface area contributed by atoms with Crippen molar-refractivity contribution in [2.75, 3.05) is 13.7 Å². The number of ether oxygens (including phenoxy) is 2. The maximum absolute atomic E-state index is 12.8. The second-order valence-electron chi connectivity index (χ2n) is 7.79. The average Bonchev–Trinajstić information content (AvgIpc) is 2.74. The first kappa shape index (κ1) is 18.1. The predicted molar refractivity (Wildman–Crippen MR) is 104 cm³/mol. The van der Waals surface area contributed by atoms with Gasteiger partial charge in [0, 0.05) is 13.1 Å². The van der Waals surface area contributed by atoms with Crippen LogP contribution < -0.4 is 4.74 Å². The quantitative estimate of drug-likeness (QED) is 0.721. The topological polar surface area (TPSA) is 38.8 Å². The Balaban J connectivity index is 1.25. The summed E-state index contributed by atoms with van der Waals surface area (Å²) in [5, 5.41) is 0. The summed E-state index contributed by atoms with van der Waals surface area (Å²) >= 11 is 0. The van der Waals surface area contributed by atoms with E-state index in [-0.39, 0.29) is 11.5 Å². The van der Waals surface area contributed by atoms with E-state index in [1.54, 1.807) is 7.11 Å². The molecule has 1 aliphatic heterocycles. The molecular formula is C23H27NO3. The van der Waals surface area contributed by atoms with Crippen LogP contribution in [-0.4, -0.2) is 30.6 Å². The standard InChI is InChI=1S/C23H27NO3/c1-26-20-9-7-18(8-10-20)15-24-17-23(22(24)25)13-11-21(12-14-23)27-16-19-5-3-2-4-6-19/h2-10,21H,11-17H2,1H3. The zero-order chi connectivity index (χ0) is 18.7. The molecule has 4 heteroatoms. The first-order valence-corrected chi connectivity index (χ1v) is 9.76. The van der Waals surface area contributed by atoms with E-state index < -0.39 is 0 Å². The van der Waals surface area contributed by atoms with Crippen LogP contribution in [0.2, 0.25) is 0 Å². The SMILES string of the molecule is COc1ccc(CN2CC3(CCC(OCc4ccccc4)CC3)C2=O)cc1. The highest BCUT2D eigenvalue weighted by Gasteiger charge is 2.52. The molecule has 0 unspecified atom stereocenters. The number of nitrogens with zero attached hydrogens (tertiary/aromatic N) is 1. The Bertz CT molecular complexity index is 764. The van der Waals surface area contributed by atoms with Crippen molar-refractivity contribution in [3.63, 3.8) is 0 Å². The largest absolute Gasteiger partial charge is 0.497 e. The van der Waals surface area contributed by atoms with Crippen molar-refractivity contribution >= 4 is 5.91 Å². The normalized spacial score (nSPS) is 24.7. The van der Waals surface area contributed by atoms with E-state index in [2.05, 4.69) is 12.1 Å². The summed E-state index contributed by atoms with van der Waals surface area (Å²) in [7, 11) is 1.66. The van der Waals surface area contributed by atoms with Crippen molar-refractivity contribution < 1.29 is 14.3 Å². The first-order chi connectivity index (χ1) is 13.2. The molecule has 1 spiro atoms. The number of hydrogen-bond donors (Lipinski definition) is 0. The van der Waals surface area contributed by atoms with E-state index in [0.717, 1.165) is 43.5 Å². The van der Waals surface area contributed by atoms with Gasteiger partial charge >= 0.3 is 0 Å². The summed E-state index contributed by atoms with van der Waals surface area (Å²) in [6, 6.07) is 18.3. The molecule has 0 bridgehead atoms. The molecule has 2 aromatic carbocycles. The van der Waals surface area contributed by atoms with Gasteiger partial charge < -0.3 is 14.4 Å². The number of benzene rings is 2. The summed E-state index contributed by atoms with van der Waals surface area (Å²) in [5.74, 6) is 1.17. The fourth-order valence-corrected chi connectivity index (χ4v) is 4.30. The third-order valence-electron chi connectivity index (χ3n) is 5.99. The van der Waals surface area contributed by atoms with Crippen molar-refractivity contribution in [2.24, 2.45) is 5.41 Å². The van der Waals surface area contributed by atoms with E-state index >= 15 is 0 Å². The third-order valence-corrected chi connectivity index (χ3v) is 5.99. The second-order valence-corrected chi connectivity index (χ2v) is 7.79. The second kappa shape index (κ2) is 7.73. The number of hydrogen-bond acceptors (Lipinski definition) is 3. The van der Waals surface area contributed by atoms with Crippen molar-refractivity contribution in [3.05, 3.63) is 65.7 Å². The minimum atomic E-state index is -0.126. The number of β-lactam (4-membered cyclic amide) rings is 1. The Morgan fingerprint density at radius 1 is 1.00 bits per heavy atom. The van der Waals surface area contributed by atoms with Gasteiger partial charge in [-0.2, -0.15) is 0 Å². The zero-order valence-corrected chi connectivity index (χ0v) is 15.9. The summed E-state index contributed by atoms with van der Waals surface area (Å²) in [6.07, 6.45) is 4.14. The van der Waals surface area contributed by atoms with E-state index in [4.69, 9.17) is 9.47 Å². The molecule has 142 valence electrons. The fourth-order valence-electron chi connectivity index (χ4n) is 4.30. The smallest absolute Gasteiger partial charge is 0.230 e. The molecule has 0 N–H and O–H groups in total. The predicted octanol–water partition coefficient (Wildman–Crippen LogP) is 4.18. The van der Waals surface area contributed by atoms with Crippen LogP contribution in [0.3, 0.4) is 0 Å². The van der Waals surface area contributed by atoms with Gasteiger partial charge in [0.05, 0.1) is 25.2 Å².